The van der Waals surface area contributed by atoms with E-state index in [1.807, 2.05) is 19.1 Å². The highest BCUT2D eigenvalue weighted by atomic mass is 19.4. The summed E-state index contributed by atoms with van der Waals surface area (Å²) in [7, 11) is 1.32. The van der Waals surface area contributed by atoms with Gasteiger partial charge in [-0.15, -0.1) is 0 Å². The van der Waals surface area contributed by atoms with Crippen LogP contribution < -0.4 is 5.32 Å². The smallest absolute Gasteiger partial charge is 0.416 e. The van der Waals surface area contributed by atoms with Gasteiger partial charge in [0.1, 0.15) is 6.10 Å². The second kappa shape index (κ2) is 12.4. The van der Waals surface area contributed by atoms with E-state index in [0.717, 1.165) is 16.0 Å². The first-order valence-corrected chi connectivity index (χ1v) is 12.6. The number of likely N-dealkylation sites (tertiary alicyclic amines) is 1. The second-order valence-electron chi connectivity index (χ2n) is 9.68. The summed E-state index contributed by atoms with van der Waals surface area (Å²) in [6.07, 6.45) is -10.9. The SMILES string of the molecule is Cc1ccccc1[C@H]1C[C@@H](OC(=O)NCCO)CCN1C(=O)N(C)[C@H](C)c1cc(C(F)(F)F)cc(C(F)(F)F)c1. The van der Waals surface area contributed by atoms with Crippen molar-refractivity contribution in [2.45, 2.75) is 57.2 Å². The number of aliphatic hydroxyl groups is 1. The van der Waals surface area contributed by atoms with Gasteiger partial charge in [0.15, 0.2) is 0 Å². The summed E-state index contributed by atoms with van der Waals surface area (Å²) in [5.41, 5.74) is -1.62. The van der Waals surface area contributed by atoms with Crippen LogP contribution in [0.5, 0.6) is 0 Å². The lowest BCUT2D eigenvalue weighted by Crippen LogP contribution is -2.49. The number of aryl methyl sites for hydroxylation is 1. The standard InChI is InChI=1S/C27H31F6N3O4/c1-16-6-4-5-7-22(16)23-15-21(40-24(38)34-9-11-37)8-10-36(23)25(39)35(3)17(2)18-12-19(26(28,29)30)14-20(13-18)27(31,32)33/h4-7,12-14,17,21,23,37H,8-11,15H2,1-3H3,(H,34,38)/t17-,21+,23-/m1/s1. The largest absolute Gasteiger partial charge is 0.446 e. The Morgan fingerprint density at radius 1 is 1.10 bits per heavy atom. The first-order valence-electron chi connectivity index (χ1n) is 12.6. The van der Waals surface area contributed by atoms with Gasteiger partial charge in [0, 0.05) is 33.0 Å². The molecular weight excluding hydrogens is 544 g/mol. The summed E-state index contributed by atoms with van der Waals surface area (Å²) >= 11 is 0. The monoisotopic (exact) mass is 575 g/mol. The third kappa shape index (κ3) is 7.38. The van der Waals surface area contributed by atoms with E-state index >= 15 is 0 Å². The summed E-state index contributed by atoms with van der Waals surface area (Å²) in [5.74, 6) is 0. The van der Waals surface area contributed by atoms with Crippen LogP contribution in [0.3, 0.4) is 0 Å². The minimum atomic E-state index is -5.01. The van der Waals surface area contributed by atoms with Crippen LogP contribution in [-0.4, -0.2) is 59.9 Å². The summed E-state index contributed by atoms with van der Waals surface area (Å²) < 4.78 is 85.9. The quantitative estimate of drug-likeness (QED) is 0.410. The first-order chi connectivity index (χ1) is 18.6. The van der Waals surface area contributed by atoms with Gasteiger partial charge in [0.05, 0.1) is 29.8 Å². The molecule has 1 heterocycles. The molecular formula is C27H31F6N3O4. The summed E-state index contributed by atoms with van der Waals surface area (Å²) in [4.78, 5) is 28.4. The number of urea groups is 1. The Balaban J connectivity index is 1.91. The average Bonchev–Trinajstić information content (AvgIpc) is 2.89. The normalized spacial score (nSPS) is 18.7. The lowest BCUT2D eigenvalue weighted by Gasteiger charge is -2.42. The fourth-order valence-electron chi connectivity index (χ4n) is 4.69. The third-order valence-corrected chi connectivity index (χ3v) is 6.98. The highest BCUT2D eigenvalue weighted by Crippen LogP contribution is 2.39. The number of nitrogens with one attached hydrogen (secondary N) is 1. The maximum Gasteiger partial charge on any atom is 0.416 e. The van der Waals surface area contributed by atoms with Gasteiger partial charge >= 0.3 is 24.5 Å². The number of nitrogens with zero attached hydrogens (tertiary/aromatic N) is 2. The fraction of sp³-hybridized carbons (Fsp3) is 0.481. The molecule has 2 aromatic rings. The predicted octanol–water partition coefficient (Wildman–Crippen LogP) is 6.07. The second-order valence-corrected chi connectivity index (χ2v) is 9.68. The number of hydrogen-bond acceptors (Lipinski definition) is 4. The number of alkyl halides is 6. The molecule has 1 fully saturated rings. The van der Waals surface area contributed by atoms with Crippen molar-refractivity contribution < 1.29 is 45.8 Å². The van der Waals surface area contributed by atoms with Gasteiger partial charge in [0.25, 0.3) is 0 Å². The number of benzene rings is 2. The summed E-state index contributed by atoms with van der Waals surface area (Å²) in [5, 5.41) is 11.3. The van der Waals surface area contributed by atoms with Gasteiger partial charge in [0.2, 0.25) is 0 Å². The number of ether oxygens (including phenoxy) is 1. The van der Waals surface area contributed by atoms with Gasteiger partial charge in [-0.05, 0) is 48.7 Å². The molecule has 3 atom stereocenters. The zero-order valence-corrected chi connectivity index (χ0v) is 22.1. The van der Waals surface area contributed by atoms with E-state index in [0.29, 0.717) is 12.1 Å². The number of alkyl carbamates (subject to hydrolysis) is 1. The van der Waals surface area contributed by atoms with Crippen LogP contribution >= 0.6 is 0 Å². The van der Waals surface area contributed by atoms with E-state index in [1.54, 1.807) is 12.1 Å². The van der Waals surface area contributed by atoms with E-state index in [4.69, 9.17) is 9.84 Å². The third-order valence-electron chi connectivity index (χ3n) is 6.98. The van der Waals surface area contributed by atoms with Crippen molar-refractivity contribution in [3.8, 4) is 0 Å². The number of aliphatic hydroxyl groups excluding tert-OH is 1. The Morgan fingerprint density at radius 2 is 1.70 bits per heavy atom. The van der Waals surface area contributed by atoms with E-state index < -0.39 is 53.8 Å². The van der Waals surface area contributed by atoms with Crippen molar-refractivity contribution in [2.75, 3.05) is 26.7 Å². The van der Waals surface area contributed by atoms with Gasteiger partial charge in [-0.3, -0.25) is 0 Å². The maximum atomic E-state index is 13.7. The fourth-order valence-corrected chi connectivity index (χ4v) is 4.69. The molecule has 2 aromatic carbocycles. The molecule has 0 spiro atoms. The molecule has 220 valence electrons. The van der Waals surface area contributed by atoms with Gasteiger partial charge < -0.3 is 25.0 Å². The molecule has 40 heavy (non-hydrogen) atoms. The number of carbonyl (C=O) groups excluding carboxylic acids is 2. The van der Waals surface area contributed by atoms with E-state index in [9.17, 15) is 35.9 Å². The Labute approximate surface area is 227 Å². The van der Waals surface area contributed by atoms with E-state index in [-0.39, 0.29) is 44.2 Å². The molecule has 0 radical (unpaired) electrons. The number of rotatable bonds is 6. The highest BCUT2D eigenvalue weighted by molar-refractivity contribution is 5.75. The van der Waals surface area contributed by atoms with Crippen LogP contribution in [0.4, 0.5) is 35.9 Å². The van der Waals surface area contributed by atoms with Gasteiger partial charge in [-0.2, -0.15) is 26.3 Å². The zero-order chi connectivity index (χ0) is 29.8. The van der Waals surface area contributed by atoms with Crippen molar-refractivity contribution in [3.63, 3.8) is 0 Å². The van der Waals surface area contributed by atoms with Gasteiger partial charge in [-0.1, -0.05) is 24.3 Å². The van der Waals surface area contributed by atoms with E-state index in [2.05, 4.69) is 5.32 Å². The Morgan fingerprint density at radius 3 is 2.25 bits per heavy atom. The van der Waals surface area contributed by atoms with Crippen LogP contribution in [0.1, 0.15) is 59.7 Å². The van der Waals surface area contributed by atoms with Crippen molar-refractivity contribution in [1.82, 2.24) is 15.1 Å². The predicted molar refractivity (Wildman–Crippen MR) is 133 cm³/mol. The molecule has 0 saturated carbocycles. The van der Waals surface area contributed by atoms with Crippen LogP contribution in [0.25, 0.3) is 0 Å². The molecule has 2 N–H and O–H groups in total. The molecule has 1 aliphatic heterocycles. The number of piperidine rings is 1. The van der Waals surface area contributed by atoms with Crippen molar-refractivity contribution in [1.29, 1.82) is 0 Å². The molecule has 13 heteroatoms. The van der Waals surface area contributed by atoms with Crippen LogP contribution in [0.15, 0.2) is 42.5 Å². The zero-order valence-electron chi connectivity index (χ0n) is 22.1. The number of amides is 3. The number of carbonyl (C=O) groups is 2. The highest BCUT2D eigenvalue weighted by Gasteiger charge is 2.40. The van der Waals surface area contributed by atoms with E-state index in [1.165, 1.54) is 18.9 Å². The molecule has 3 rings (SSSR count). The molecule has 1 aliphatic rings. The summed E-state index contributed by atoms with van der Waals surface area (Å²) in [6.45, 7) is 3.05. The minimum Gasteiger partial charge on any atom is -0.446 e. The topological polar surface area (TPSA) is 82.1 Å². The summed E-state index contributed by atoms with van der Waals surface area (Å²) in [6, 6.07) is 6.20. The molecule has 7 nitrogen and oxygen atoms in total. The molecule has 0 unspecified atom stereocenters. The Hall–Kier alpha value is -3.48. The Kier molecular flexibility index (Phi) is 9.60. The molecule has 1 saturated heterocycles. The number of halogens is 6. The molecule has 0 bridgehead atoms. The van der Waals surface area contributed by atoms with Crippen LogP contribution in [0, 0.1) is 6.92 Å². The molecule has 0 aliphatic carbocycles. The van der Waals surface area contributed by atoms with Crippen molar-refractivity contribution in [2.24, 2.45) is 0 Å². The average molecular weight is 576 g/mol. The number of hydrogen-bond donors (Lipinski definition) is 2. The van der Waals surface area contributed by atoms with Gasteiger partial charge in [-0.25, -0.2) is 9.59 Å². The van der Waals surface area contributed by atoms with Crippen molar-refractivity contribution >= 4 is 12.1 Å². The first kappa shape index (κ1) is 31.1. The van der Waals surface area contributed by atoms with Crippen LogP contribution in [0.2, 0.25) is 0 Å². The lowest BCUT2D eigenvalue weighted by molar-refractivity contribution is -0.143. The Bertz CT molecular complexity index is 1170. The maximum absolute atomic E-state index is 13.7. The van der Waals surface area contributed by atoms with Crippen LogP contribution in [-0.2, 0) is 17.1 Å². The lowest BCUT2D eigenvalue weighted by atomic mass is 9.90. The molecule has 3 amide bonds. The minimum absolute atomic E-state index is 0.00562. The molecule has 0 aromatic heterocycles. The van der Waals surface area contributed by atoms with Crippen molar-refractivity contribution in [3.05, 3.63) is 70.3 Å².